The average molecular weight is 234 g/mol. The Balaban J connectivity index is 2.45. The predicted molar refractivity (Wildman–Crippen MR) is 67.9 cm³/mol. The van der Waals surface area contributed by atoms with E-state index in [0.717, 1.165) is 11.1 Å². The summed E-state index contributed by atoms with van der Waals surface area (Å²) in [6, 6.07) is 16.9. The molecule has 0 fully saturated rings. The molecule has 0 spiro atoms. The van der Waals surface area contributed by atoms with Crippen LogP contribution in [0.2, 0.25) is 0 Å². The van der Waals surface area contributed by atoms with Gasteiger partial charge in [0.25, 0.3) is 0 Å². The third kappa shape index (κ3) is 2.16. The van der Waals surface area contributed by atoms with Gasteiger partial charge in [0.1, 0.15) is 11.8 Å². The quantitative estimate of drug-likeness (QED) is 0.802. The van der Waals surface area contributed by atoms with Gasteiger partial charge in [-0.2, -0.15) is 10.5 Å². The lowest BCUT2D eigenvalue weighted by Crippen LogP contribution is -1.88. The van der Waals surface area contributed by atoms with Gasteiger partial charge in [0, 0.05) is 0 Å². The van der Waals surface area contributed by atoms with Gasteiger partial charge in [-0.3, -0.25) is 0 Å². The predicted octanol–water partition coefficient (Wildman–Crippen LogP) is 3.11. The van der Waals surface area contributed by atoms with E-state index in [1.807, 2.05) is 18.2 Å². The van der Waals surface area contributed by atoms with Gasteiger partial charge in [-0.1, -0.05) is 18.2 Å². The van der Waals surface area contributed by atoms with E-state index < -0.39 is 0 Å². The van der Waals surface area contributed by atoms with E-state index in [4.69, 9.17) is 15.3 Å². The minimum absolute atomic E-state index is 0.499. The van der Waals surface area contributed by atoms with Crippen molar-refractivity contribution in [3.05, 3.63) is 53.6 Å². The molecule has 0 radical (unpaired) electrons. The standard InChI is InChI=1S/C15H10N2O/c1-18-15-7-6-13(8-14(15)10-17)12-4-2-11(9-16)3-5-12/h2-8H,1H3. The Morgan fingerprint density at radius 1 is 0.889 bits per heavy atom. The summed E-state index contributed by atoms with van der Waals surface area (Å²) in [5.74, 6) is 0.565. The molecule has 0 aromatic heterocycles. The highest BCUT2D eigenvalue weighted by Gasteiger charge is 2.05. The Morgan fingerprint density at radius 3 is 2.11 bits per heavy atom. The molecule has 0 saturated carbocycles. The topological polar surface area (TPSA) is 56.8 Å². The highest BCUT2D eigenvalue weighted by molar-refractivity contribution is 5.67. The SMILES string of the molecule is COc1ccc(-c2ccc(C#N)cc2)cc1C#N. The van der Waals surface area contributed by atoms with Crippen LogP contribution in [-0.2, 0) is 0 Å². The number of benzene rings is 2. The summed E-state index contributed by atoms with van der Waals surface area (Å²) in [4.78, 5) is 0. The molecule has 2 rings (SSSR count). The zero-order valence-electron chi connectivity index (χ0n) is 9.84. The summed E-state index contributed by atoms with van der Waals surface area (Å²) in [5.41, 5.74) is 3.01. The fourth-order valence-corrected chi connectivity index (χ4v) is 1.71. The van der Waals surface area contributed by atoms with E-state index in [9.17, 15) is 0 Å². The Kier molecular flexibility index (Phi) is 3.27. The molecule has 3 heteroatoms. The minimum atomic E-state index is 0.499. The van der Waals surface area contributed by atoms with Crippen molar-refractivity contribution in [1.29, 1.82) is 10.5 Å². The molecule has 3 nitrogen and oxygen atoms in total. The van der Waals surface area contributed by atoms with Crippen molar-refractivity contribution in [2.24, 2.45) is 0 Å². The van der Waals surface area contributed by atoms with Gasteiger partial charge in [0.15, 0.2) is 0 Å². The Labute approximate surface area is 105 Å². The van der Waals surface area contributed by atoms with Crippen LogP contribution in [0.15, 0.2) is 42.5 Å². The first-order chi connectivity index (χ1) is 8.78. The van der Waals surface area contributed by atoms with Gasteiger partial charge >= 0.3 is 0 Å². The van der Waals surface area contributed by atoms with Crippen molar-refractivity contribution in [1.82, 2.24) is 0 Å². The van der Waals surface area contributed by atoms with E-state index >= 15 is 0 Å². The molecule has 0 aliphatic rings. The molecule has 18 heavy (non-hydrogen) atoms. The first kappa shape index (κ1) is 11.7. The number of hydrogen-bond acceptors (Lipinski definition) is 3. The van der Waals surface area contributed by atoms with Crippen LogP contribution in [0.4, 0.5) is 0 Å². The van der Waals surface area contributed by atoms with Crippen molar-refractivity contribution in [3.63, 3.8) is 0 Å². The van der Waals surface area contributed by atoms with E-state index in [-0.39, 0.29) is 0 Å². The molecule has 0 saturated heterocycles. The molecule has 2 aromatic carbocycles. The number of methoxy groups -OCH3 is 1. The molecule has 86 valence electrons. The zero-order chi connectivity index (χ0) is 13.0. The highest BCUT2D eigenvalue weighted by Crippen LogP contribution is 2.26. The van der Waals surface area contributed by atoms with E-state index in [0.29, 0.717) is 16.9 Å². The summed E-state index contributed by atoms with van der Waals surface area (Å²) in [6.45, 7) is 0. The van der Waals surface area contributed by atoms with Gasteiger partial charge in [0.2, 0.25) is 0 Å². The Morgan fingerprint density at radius 2 is 1.56 bits per heavy atom. The summed E-state index contributed by atoms with van der Waals surface area (Å²) < 4.78 is 5.10. The lowest BCUT2D eigenvalue weighted by molar-refractivity contribution is 0.413. The van der Waals surface area contributed by atoms with Gasteiger partial charge < -0.3 is 4.74 Å². The molecule has 0 heterocycles. The number of ether oxygens (including phenoxy) is 1. The summed E-state index contributed by atoms with van der Waals surface area (Å²) >= 11 is 0. The van der Waals surface area contributed by atoms with Gasteiger partial charge in [0.05, 0.1) is 24.3 Å². The van der Waals surface area contributed by atoms with Crippen molar-refractivity contribution in [2.75, 3.05) is 7.11 Å². The van der Waals surface area contributed by atoms with Crippen molar-refractivity contribution >= 4 is 0 Å². The van der Waals surface area contributed by atoms with Crippen LogP contribution < -0.4 is 4.74 Å². The maximum Gasteiger partial charge on any atom is 0.136 e. The monoisotopic (exact) mass is 234 g/mol. The third-order valence-corrected chi connectivity index (χ3v) is 2.67. The van der Waals surface area contributed by atoms with Crippen LogP contribution in [0.1, 0.15) is 11.1 Å². The largest absolute Gasteiger partial charge is 0.495 e. The second-order valence-corrected chi connectivity index (χ2v) is 3.72. The Bertz CT molecular complexity index is 646. The molecule has 0 amide bonds. The van der Waals surface area contributed by atoms with Crippen molar-refractivity contribution < 1.29 is 4.74 Å². The van der Waals surface area contributed by atoms with Crippen LogP contribution in [0, 0.1) is 22.7 Å². The maximum atomic E-state index is 9.03. The first-order valence-corrected chi connectivity index (χ1v) is 5.37. The second kappa shape index (κ2) is 5.03. The van der Waals surface area contributed by atoms with Crippen LogP contribution >= 0.6 is 0 Å². The number of rotatable bonds is 2. The fourth-order valence-electron chi connectivity index (χ4n) is 1.71. The molecule has 0 bridgehead atoms. The molecule has 0 aliphatic carbocycles. The molecule has 0 N–H and O–H groups in total. The minimum Gasteiger partial charge on any atom is -0.495 e. The van der Waals surface area contributed by atoms with E-state index in [1.165, 1.54) is 7.11 Å². The second-order valence-electron chi connectivity index (χ2n) is 3.72. The van der Waals surface area contributed by atoms with Crippen LogP contribution in [0.5, 0.6) is 5.75 Å². The number of hydrogen-bond donors (Lipinski definition) is 0. The van der Waals surface area contributed by atoms with Crippen molar-refractivity contribution in [3.8, 4) is 29.0 Å². The van der Waals surface area contributed by atoms with E-state index in [1.54, 1.807) is 24.3 Å². The van der Waals surface area contributed by atoms with Crippen LogP contribution in [-0.4, -0.2) is 7.11 Å². The molecular formula is C15H10N2O. The normalized spacial score (nSPS) is 9.28. The molecule has 0 unspecified atom stereocenters. The van der Waals surface area contributed by atoms with Gasteiger partial charge in [-0.15, -0.1) is 0 Å². The summed E-state index contributed by atoms with van der Waals surface area (Å²) in [5, 5.41) is 17.8. The maximum absolute atomic E-state index is 9.03. The van der Waals surface area contributed by atoms with Crippen LogP contribution in [0.3, 0.4) is 0 Å². The lowest BCUT2D eigenvalue weighted by Gasteiger charge is -2.06. The van der Waals surface area contributed by atoms with E-state index in [2.05, 4.69) is 12.1 Å². The van der Waals surface area contributed by atoms with Crippen molar-refractivity contribution in [2.45, 2.75) is 0 Å². The number of nitrogens with zero attached hydrogens (tertiary/aromatic N) is 2. The van der Waals surface area contributed by atoms with Crippen LogP contribution in [0.25, 0.3) is 11.1 Å². The Hall–Kier alpha value is -2.78. The third-order valence-electron chi connectivity index (χ3n) is 2.67. The molecular weight excluding hydrogens is 224 g/mol. The van der Waals surface area contributed by atoms with Gasteiger partial charge in [-0.25, -0.2) is 0 Å². The molecule has 0 aliphatic heterocycles. The smallest absolute Gasteiger partial charge is 0.136 e. The fraction of sp³-hybridized carbons (Fsp3) is 0.0667. The molecule has 2 aromatic rings. The first-order valence-electron chi connectivity index (χ1n) is 5.37. The number of nitriles is 2. The van der Waals surface area contributed by atoms with Gasteiger partial charge in [-0.05, 0) is 35.4 Å². The summed E-state index contributed by atoms with van der Waals surface area (Å²) in [7, 11) is 1.54. The highest BCUT2D eigenvalue weighted by atomic mass is 16.5. The zero-order valence-corrected chi connectivity index (χ0v) is 9.84. The molecule has 0 atom stereocenters. The summed E-state index contributed by atoms with van der Waals surface area (Å²) in [6.07, 6.45) is 0. The average Bonchev–Trinajstić information content (AvgIpc) is 2.46. The lowest BCUT2D eigenvalue weighted by atomic mass is 10.0.